The van der Waals surface area contributed by atoms with Gasteiger partial charge in [-0.15, -0.1) is 11.8 Å². The molecule has 2 aromatic carbocycles. The lowest BCUT2D eigenvalue weighted by Crippen LogP contribution is -2.11. The molecule has 19 heavy (non-hydrogen) atoms. The Balaban J connectivity index is 2.10. The summed E-state index contributed by atoms with van der Waals surface area (Å²) in [6.07, 6.45) is 0. The summed E-state index contributed by atoms with van der Waals surface area (Å²) in [6, 6.07) is 12.3. The molecule has 0 unspecified atom stereocenters. The van der Waals surface area contributed by atoms with Crippen LogP contribution in [0, 0.1) is 18.2 Å². The molecule has 0 aromatic heterocycles. The van der Waals surface area contributed by atoms with Crippen LogP contribution in [0.1, 0.15) is 16.7 Å². The zero-order valence-corrected chi connectivity index (χ0v) is 11.4. The summed E-state index contributed by atoms with van der Waals surface area (Å²) in [7, 11) is 0. The van der Waals surface area contributed by atoms with Gasteiger partial charge in [0.1, 0.15) is 11.7 Å². The number of hydrogen-bond donors (Lipinski definition) is 2. The lowest BCUT2D eigenvalue weighted by molar-refractivity contribution is 0.624. The number of amidine groups is 1. The minimum atomic E-state index is -0.214. The van der Waals surface area contributed by atoms with E-state index in [1.165, 1.54) is 17.7 Å². The average Bonchev–Trinajstić information content (AvgIpc) is 2.37. The standard InChI is InChI=1S/C15H15FN2S/c1-10-7-11(15(17)18)5-6-12(10)9-19-14-4-2-3-13(16)8-14/h2-8H,9H2,1H3,(H3,17,18). The third kappa shape index (κ3) is 3.58. The van der Waals surface area contributed by atoms with E-state index in [9.17, 15) is 4.39 Å². The van der Waals surface area contributed by atoms with Gasteiger partial charge in [0.15, 0.2) is 0 Å². The molecule has 2 rings (SSSR count). The van der Waals surface area contributed by atoms with Gasteiger partial charge in [0.05, 0.1) is 0 Å². The van der Waals surface area contributed by atoms with Gasteiger partial charge in [-0.2, -0.15) is 0 Å². The second-order valence-corrected chi connectivity index (χ2v) is 5.35. The number of thioether (sulfide) groups is 1. The number of benzene rings is 2. The number of halogens is 1. The van der Waals surface area contributed by atoms with Crippen molar-refractivity contribution in [2.24, 2.45) is 5.73 Å². The van der Waals surface area contributed by atoms with Gasteiger partial charge < -0.3 is 5.73 Å². The summed E-state index contributed by atoms with van der Waals surface area (Å²) in [5.74, 6) is 0.633. The smallest absolute Gasteiger partial charge is 0.124 e. The number of hydrogen-bond acceptors (Lipinski definition) is 2. The fourth-order valence-corrected chi connectivity index (χ4v) is 2.76. The summed E-state index contributed by atoms with van der Waals surface area (Å²) in [6.45, 7) is 1.99. The Kier molecular flexibility index (Phi) is 4.22. The molecule has 0 bridgehead atoms. The third-order valence-electron chi connectivity index (χ3n) is 2.84. The van der Waals surface area contributed by atoms with E-state index < -0.39 is 0 Å². The van der Waals surface area contributed by atoms with Crippen LogP contribution in [0.5, 0.6) is 0 Å². The van der Waals surface area contributed by atoms with E-state index in [1.807, 2.05) is 31.2 Å². The van der Waals surface area contributed by atoms with Gasteiger partial charge in [0, 0.05) is 16.2 Å². The van der Waals surface area contributed by atoms with E-state index in [0.717, 1.165) is 21.8 Å². The maximum absolute atomic E-state index is 13.1. The highest BCUT2D eigenvalue weighted by Crippen LogP contribution is 2.25. The van der Waals surface area contributed by atoms with Crippen molar-refractivity contribution in [1.82, 2.24) is 0 Å². The van der Waals surface area contributed by atoms with Crippen LogP contribution in [-0.4, -0.2) is 5.84 Å². The van der Waals surface area contributed by atoms with Crippen LogP contribution in [0.25, 0.3) is 0 Å². The summed E-state index contributed by atoms with van der Waals surface area (Å²) in [4.78, 5) is 0.912. The zero-order valence-electron chi connectivity index (χ0n) is 10.6. The van der Waals surface area contributed by atoms with Gasteiger partial charge in [-0.1, -0.05) is 18.2 Å². The Hall–Kier alpha value is -1.81. The first-order chi connectivity index (χ1) is 9.06. The van der Waals surface area contributed by atoms with Crippen molar-refractivity contribution in [3.63, 3.8) is 0 Å². The first-order valence-corrected chi connectivity index (χ1v) is 6.87. The van der Waals surface area contributed by atoms with Crippen molar-refractivity contribution in [2.75, 3.05) is 0 Å². The number of nitrogen functional groups attached to an aromatic ring is 1. The third-order valence-corrected chi connectivity index (χ3v) is 3.89. The molecule has 0 saturated carbocycles. The van der Waals surface area contributed by atoms with Crippen molar-refractivity contribution in [3.8, 4) is 0 Å². The molecular formula is C15H15FN2S. The summed E-state index contributed by atoms with van der Waals surface area (Å²) >= 11 is 1.59. The van der Waals surface area contributed by atoms with Gasteiger partial charge >= 0.3 is 0 Å². The van der Waals surface area contributed by atoms with Crippen molar-refractivity contribution >= 4 is 17.6 Å². The minimum Gasteiger partial charge on any atom is -0.384 e. The van der Waals surface area contributed by atoms with Crippen molar-refractivity contribution in [1.29, 1.82) is 5.41 Å². The molecular weight excluding hydrogens is 259 g/mol. The molecule has 3 N–H and O–H groups in total. The van der Waals surface area contributed by atoms with Crippen LogP contribution in [0.15, 0.2) is 47.4 Å². The molecule has 0 atom stereocenters. The number of nitrogens with one attached hydrogen (secondary N) is 1. The van der Waals surface area contributed by atoms with Gasteiger partial charge in [-0.05, 0) is 42.3 Å². The maximum atomic E-state index is 13.1. The molecule has 0 heterocycles. The lowest BCUT2D eigenvalue weighted by Gasteiger charge is -2.08. The Morgan fingerprint density at radius 3 is 2.68 bits per heavy atom. The first kappa shape index (κ1) is 13.6. The number of aryl methyl sites for hydroxylation is 1. The van der Waals surface area contributed by atoms with E-state index in [0.29, 0.717) is 0 Å². The van der Waals surface area contributed by atoms with E-state index in [-0.39, 0.29) is 11.7 Å². The molecule has 0 aliphatic heterocycles. The van der Waals surface area contributed by atoms with Crippen molar-refractivity contribution in [3.05, 3.63) is 65.0 Å². The molecule has 2 aromatic rings. The average molecular weight is 274 g/mol. The number of rotatable bonds is 4. The largest absolute Gasteiger partial charge is 0.384 e. The van der Waals surface area contributed by atoms with Crippen LogP contribution in [0.2, 0.25) is 0 Å². The molecule has 0 saturated heterocycles. The predicted molar refractivity (Wildman–Crippen MR) is 78.2 cm³/mol. The highest BCUT2D eigenvalue weighted by molar-refractivity contribution is 7.98. The first-order valence-electron chi connectivity index (χ1n) is 5.88. The summed E-state index contributed by atoms with van der Waals surface area (Å²) in [5, 5.41) is 7.39. The Morgan fingerprint density at radius 2 is 2.05 bits per heavy atom. The molecule has 0 radical (unpaired) electrons. The topological polar surface area (TPSA) is 49.9 Å². The van der Waals surface area contributed by atoms with Crippen LogP contribution in [-0.2, 0) is 5.75 Å². The fraction of sp³-hybridized carbons (Fsp3) is 0.133. The van der Waals surface area contributed by atoms with E-state index >= 15 is 0 Å². The predicted octanol–water partition coefficient (Wildman–Crippen LogP) is 3.71. The van der Waals surface area contributed by atoms with E-state index in [1.54, 1.807) is 17.8 Å². The highest BCUT2D eigenvalue weighted by atomic mass is 32.2. The summed E-state index contributed by atoms with van der Waals surface area (Å²) in [5.41, 5.74) is 8.44. The van der Waals surface area contributed by atoms with Gasteiger partial charge in [-0.25, -0.2) is 4.39 Å². The minimum absolute atomic E-state index is 0.0763. The zero-order chi connectivity index (χ0) is 13.8. The van der Waals surface area contributed by atoms with Crippen LogP contribution < -0.4 is 5.73 Å². The molecule has 0 amide bonds. The Bertz CT molecular complexity index is 611. The van der Waals surface area contributed by atoms with Crippen molar-refractivity contribution < 1.29 is 4.39 Å². The molecule has 0 fully saturated rings. The van der Waals surface area contributed by atoms with Gasteiger partial charge in [0.2, 0.25) is 0 Å². The van der Waals surface area contributed by atoms with Crippen molar-refractivity contribution in [2.45, 2.75) is 17.6 Å². The van der Waals surface area contributed by atoms with Gasteiger partial charge in [0.25, 0.3) is 0 Å². The van der Waals surface area contributed by atoms with E-state index in [4.69, 9.17) is 11.1 Å². The van der Waals surface area contributed by atoms with Crippen LogP contribution >= 0.6 is 11.8 Å². The van der Waals surface area contributed by atoms with Gasteiger partial charge in [-0.3, -0.25) is 5.41 Å². The highest BCUT2D eigenvalue weighted by Gasteiger charge is 2.03. The lowest BCUT2D eigenvalue weighted by atomic mass is 10.1. The molecule has 4 heteroatoms. The SMILES string of the molecule is Cc1cc(C(=N)N)ccc1CSc1cccc(F)c1. The Morgan fingerprint density at radius 1 is 1.26 bits per heavy atom. The molecule has 0 spiro atoms. The molecule has 0 aliphatic carbocycles. The van der Waals surface area contributed by atoms with Crippen LogP contribution in [0.3, 0.4) is 0 Å². The fourth-order valence-electron chi connectivity index (χ4n) is 1.74. The van der Waals surface area contributed by atoms with Crippen LogP contribution in [0.4, 0.5) is 4.39 Å². The van der Waals surface area contributed by atoms with E-state index in [2.05, 4.69) is 0 Å². The second-order valence-electron chi connectivity index (χ2n) is 4.30. The molecule has 0 aliphatic rings. The second kappa shape index (κ2) is 5.89. The maximum Gasteiger partial charge on any atom is 0.124 e. The molecule has 98 valence electrons. The monoisotopic (exact) mass is 274 g/mol. The summed E-state index contributed by atoms with van der Waals surface area (Å²) < 4.78 is 13.1. The normalized spacial score (nSPS) is 10.4. The Labute approximate surface area is 116 Å². The number of nitrogens with two attached hydrogens (primary N) is 1. The quantitative estimate of drug-likeness (QED) is 0.507. The molecule has 2 nitrogen and oxygen atoms in total.